The standard InChI is InChI=1S/C26H25N3O3/c1-4-10-20(11-5-1)27-16-23-24-17-28(21-12-6-2-7-13-21)31-19-26(24)32-29(25(23)18-30-27)22-14-8-3-9-15-22/h1-15,25-26H,16-19H2/t25-,26+/m1/s1. The van der Waals surface area contributed by atoms with Gasteiger partial charge in [0.1, 0.15) is 25.4 Å². The highest BCUT2D eigenvalue weighted by atomic mass is 16.7. The fraction of sp³-hybridized carbons (Fsp3) is 0.231. The van der Waals surface area contributed by atoms with Gasteiger partial charge in [0.25, 0.3) is 0 Å². The van der Waals surface area contributed by atoms with E-state index >= 15 is 0 Å². The van der Waals surface area contributed by atoms with Gasteiger partial charge in [0.2, 0.25) is 0 Å². The van der Waals surface area contributed by atoms with Gasteiger partial charge >= 0.3 is 0 Å². The number of fused-ring (bicyclic) bond motifs is 2. The lowest BCUT2D eigenvalue weighted by Gasteiger charge is -2.49. The molecule has 3 aromatic carbocycles. The first kappa shape index (κ1) is 19.4. The van der Waals surface area contributed by atoms with Crippen LogP contribution in [0.3, 0.4) is 0 Å². The van der Waals surface area contributed by atoms with Crippen molar-refractivity contribution in [3.63, 3.8) is 0 Å². The predicted molar refractivity (Wildman–Crippen MR) is 124 cm³/mol. The van der Waals surface area contributed by atoms with Crippen LogP contribution >= 0.6 is 0 Å². The summed E-state index contributed by atoms with van der Waals surface area (Å²) in [5.41, 5.74) is 5.75. The SMILES string of the molecule is c1ccc(N2CC3=C4CN(c5ccccc5)OC[C@H]4N(c4ccccc4)O[C@H]3CO2)cc1. The molecule has 6 heteroatoms. The average Bonchev–Trinajstić information content (AvgIpc) is 2.89. The minimum absolute atomic E-state index is 0.0133. The Morgan fingerprint density at radius 1 is 0.562 bits per heavy atom. The highest BCUT2D eigenvalue weighted by molar-refractivity contribution is 5.55. The third kappa shape index (κ3) is 3.52. The van der Waals surface area contributed by atoms with Gasteiger partial charge in [-0.05, 0) is 47.5 Å². The lowest BCUT2D eigenvalue weighted by molar-refractivity contribution is -0.0664. The van der Waals surface area contributed by atoms with Crippen molar-refractivity contribution >= 4 is 17.1 Å². The predicted octanol–water partition coefficient (Wildman–Crippen LogP) is 4.38. The molecular formula is C26H25N3O3. The second-order valence-corrected chi connectivity index (χ2v) is 8.16. The Balaban J connectivity index is 1.38. The minimum atomic E-state index is -0.128. The van der Waals surface area contributed by atoms with Gasteiger partial charge in [0.15, 0.2) is 0 Å². The van der Waals surface area contributed by atoms with Gasteiger partial charge in [0.05, 0.1) is 30.2 Å². The second kappa shape index (κ2) is 8.31. The van der Waals surface area contributed by atoms with E-state index < -0.39 is 0 Å². The third-order valence-electron chi connectivity index (χ3n) is 6.22. The Kier molecular flexibility index (Phi) is 5.03. The largest absolute Gasteiger partial charge is 0.271 e. The number of rotatable bonds is 3. The lowest BCUT2D eigenvalue weighted by atomic mass is 9.92. The molecule has 0 spiro atoms. The molecule has 2 fully saturated rings. The number of hydrogen-bond acceptors (Lipinski definition) is 6. The number of anilines is 3. The molecule has 0 aliphatic carbocycles. The Morgan fingerprint density at radius 3 is 1.66 bits per heavy atom. The Hall–Kier alpha value is -3.32. The van der Waals surface area contributed by atoms with Crippen molar-refractivity contribution in [2.75, 3.05) is 41.5 Å². The fourth-order valence-corrected chi connectivity index (χ4v) is 4.60. The van der Waals surface area contributed by atoms with E-state index in [2.05, 4.69) is 36.4 Å². The van der Waals surface area contributed by atoms with Crippen LogP contribution in [-0.2, 0) is 14.5 Å². The van der Waals surface area contributed by atoms with Gasteiger partial charge in [-0.25, -0.2) is 15.2 Å². The number of para-hydroxylation sites is 3. The molecule has 3 aliphatic heterocycles. The Morgan fingerprint density at radius 2 is 1.06 bits per heavy atom. The highest BCUT2D eigenvalue weighted by Crippen LogP contribution is 2.38. The molecule has 2 saturated heterocycles. The molecule has 0 unspecified atom stereocenters. The molecule has 32 heavy (non-hydrogen) atoms. The van der Waals surface area contributed by atoms with E-state index in [4.69, 9.17) is 14.5 Å². The van der Waals surface area contributed by atoms with Crippen molar-refractivity contribution < 1.29 is 14.5 Å². The van der Waals surface area contributed by atoms with Crippen molar-refractivity contribution in [2.24, 2.45) is 0 Å². The molecule has 0 bridgehead atoms. The third-order valence-corrected chi connectivity index (χ3v) is 6.22. The molecule has 0 saturated carbocycles. The molecular weight excluding hydrogens is 402 g/mol. The summed E-state index contributed by atoms with van der Waals surface area (Å²) < 4.78 is 0. The zero-order valence-corrected chi connectivity index (χ0v) is 17.7. The van der Waals surface area contributed by atoms with Crippen LogP contribution in [0.15, 0.2) is 102 Å². The fourth-order valence-electron chi connectivity index (χ4n) is 4.60. The molecule has 3 heterocycles. The normalized spacial score (nSPS) is 23.1. The minimum Gasteiger partial charge on any atom is -0.271 e. The van der Waals surface area contributed by atoms with Crippen LogP contribution in [0.5, 0.6) is 0 Å². The van der Waals surface area contributed by atoms with Crippen LogP contribution in [0.4, 0.5) is 17.1 Å². The molecule has 3 aliphatic rings. The van der Waals surface area contributed by atoms with Crippen LogP contribution in [0.25, 0.3) is 0 Å². The summed E-state index contributed by atoms with van der Waals surface area (Å²) in [5, 5.41) is 5.97. The number of hydrogen-bond donors (Lipinski definition) is 0. The maximum absolute atomic E-state index is 6.50. The summed E-state index contributed by atoms with van der Waals surface area (Å²) >= 11 is 0. The van der Waals surface area contributed by atoms with Crippen LogP contribution in [-0.4, -0.2) is 38.4 Å². The van der Waals surface area contributed by atoms with Crippen molar-refractivity contribution in [3.8, 4) is 0 Å². The smallest absolute Gasteiger partial charge is 0.135 e. The summed E-state index contributed by atoms with van der Waals surface area (Å²) in [7, 11) is 0. The van der Waals surface area contributed by atoms with E-state index in [1.807, 2.05) is 69.8 Å². The summed E-state index contributed by atoms with van der Waals surface area (Å²) in [6, 6.07) is 30.7. The van der Waals surface area contributed by atoms with Gasteiger partial charge in [-0.1, -0.05) is 54.6 Å². The molecule has 2 atom stereocenters. The van der Waals surface area contributed by atoms with Crippen LogP contribution < -0.4 is 15.2 Å². The summed E-state index contributed by atoms with van der Waals surface area (Å²) in [4.78, 5) is 18.8. The zero-order valence-electron chi connectivity index (χ0n) is 17.7. The molecule has 0 amide bonds. The molecule has 6 rings (SSSR count). The quantitative estimate of drug-likeness (QED) is 0.578. The molecule has 162 valence electrons. The Bertz CT molecular complexity index is 1090. The van der Waals surface area contributed by atoms with Gasteiger partial charge in [0, 0.05) is 0 Å². The van der Waals surface area contributed by atoms with Crippen LogP contribution in [0.2, 0.25) is 0 Å². The molecule has 0 N–H and O–H groups in total. The van der Waals surface area contributed by atoms with Crippen LogP contribution in [0, 0.1) is 0 Å². The first-order chi connectivity index (χ1) is 15.9. The lowest BCUT2D eigenvalue weighted by Crippen LogP contribution is -2.58. The van der Waals surface area contributed by atoms with E-state index in [0.717, 1.165) is 17.1 Å². The van der Waals surface area contributed by atoms with Gasteiger partial charge in [-0.2, -0.15) is 0 Å². The van der Waals surface area contributed by atoms with Gasteiger partial charge in [-0.3, -0.25) is 14.5 Å². The van der Waals surface area contributed by atoms with E-state index in [1.54, 1.807) is 0 Å². The van der Waals surface area contributed by atoms with Gasteiger partial charge < -0.3 is 0 Å². The topological polar surface area (TPSA) is 37.4 Å². The van der Waals surface area contributed by atoms with E-state index in [-0.39, 0.29) is 12.1 Å². The first-order valence-electron chi connectivity index (χ1n) is 11.0. The maximum atomic E-state index is 6.50. The highest BCUT2D eigenvalue weighted by Gasteiger charge is 2.43. The molecule has 0 aromatic heterocycles. The van der Waals surface area contributed by atoms with E-state index in [0.29, 0.717) is 26.3 Å². The summed E-state index contributed by atoms with van der Waals surface area (Å²) in [5.74, 6) is 0. The summed E-state index contributed by atoms with van der Waals surface area (Å²) in [6.07, 6.45) is -0.128. The van der Waals surface area contributed by atoms with E-state index in [1.165, 1.54) is 11.1 Å². The average molecular weight is 428 g/mol. The number of benzene rings is 3. The van der Waals surface area contributed by atoms with Crippen LogP contribution in [0.1, 0.15) is 0 Å². The zero-order chi connectivity index (χ0) is 21.3. The van der Waals surface area contributed by atoms with E-state index in [9.17, 15) is 0 Å². The molecule has 0 radical (unpaired) electrons. The molecule has 6 nitrogen and oxygen atoms in total. The van der Waals surface area contributed by atoms with Gasteiger partial charge in [-0.15, -0.1) is 0 Å². The maximum Gasteiger partial charge on any atom is 0.135 e. The number of nitrogens with zero attached hydrogens (tertiary/aromatic N) is 3. The number of hydroxylamine groups is 3. The van der Waals surface area contributed by atoms with Crippen molar-refractivity contribution in [2.45, 2.75) is 12.1 Å². The van der Waals surface area contributed by atoms with Crippen molar-refractivity contribution in [1.82, 2.24) is 0 Å². The summed E-state index contributed by atoms with van der Waals surface area (Å²) in [6.45, 7) is 2.35. The van der Waals surface area contributed by atoms with Crippen molar-refractivity contribution in [1.29, 1.82) is 0 Å². The Labute approximate surface area is 187 Å². The second-order valence-electron chi connectivity index (χ2n) is 8.16. The monoisotopic (exact) mass is 427 g/mol. The van der Waals surface area contributed by atoms with Crippen molar-refractivity contribution in [3.05, 3.63) is 102 Å². The first-order valence-corrected chi connectivity index (χ1v) is 11.0. The molecule has 3 aromatic rings.